The van der Waals surface area contributed by atoms with Gasteiger partial charge >= 0.3 is 0 Å². The number of nitrogens with zero attached hydrogens (tertiary/aromatic N) is 1. The summed E-state index contributed by atoms with van der Waals surface area (Å²) in [5, 5.41) is 1.36. The summed E-state index contributed by atoms with van der Waals surface area (Å²) in [4.78, 5) is 14.2. The van der Waals surface area contributed by atoms with Crippen molar-refractivity contribution in [2.24, 2.45) is 0 Å². The van der Waals surface area contributed by atoms with Gasteiger partial charge in [0.05, 0.1) is 11.6 Å². The van der Waals surface area contributed by atoms with Gasteiger partial charge in [0, 0.05) is 18.0 Å². The fourth-order valence-electron chi connectivity index (χ4n) is 2.46. The van der Waals surface area contributed by atoms with Crippen molar-refractivity contribution in [3.05, 3.63) is 58.2 Å². The van der Waals surface area contributed by atoms with E-state index in [0.29, 0.717) is 22.9 Å². The molecule has 2 heterocycles. The summed E-state index contributed by atoms with van der Waals surface area (Å²) in [5.41, 5.74) is 1.34. The second-order valence-electron chi connectivity index (χ2n) is 5.35. The van der Waals surface area contributed by atoms with E-state index in [9.17, 15) is 4.79 Å². The number of furan rings is 2. The molecule has 0 radical (unpaired) electrons. The summed E-state index contributed by atoms with van der Waals surface area (Å²) < 4.78 is 11.2. The molecule has 0 spiro atoms. The smallest absolute Gasteiger partial charge is 0.290 e. The molecule has 3 rings (SSSR count). The maximum atomic E-state index is 12.6. The summed E-state index contributed by atoms with van der Waals surface area (Å²) in [6.45, 7) is 4.12. The Hall–Kier alpha value is -2.20. The van der Waals surface area contributed by atoms with Crippen LogP contribution in [0.4, 0.5) is 0 Å². The predicted molar refractivity (Wildman–Crippen MR) is 85.2 cm³/mol. The molecule has 0 saturated heterocycles. The minimum absolute atomic E-state index is 0.196. The first-order valence-corrected chi connectivity index (χ1v) is 7.33. The van der Waals surface area contributed by atoms with Gasteiger partial charge in [0.1, 0.15) is 11.5 Å². The number of aryl methyl sites for hydroxylation is 2. The molecule has 0 aliphatic heterocycles. The molecule has 5 heteroatoms. The van der Waals surface area contributed by atoms with Crippen molar-refractivity contribution in [1.29, 1.82) is 0 Å². The Morgan fingerprint density at radius 1 is 1.18 bits per heavy atom. The Labute approximate surface area is 133 Å². The third kappa shape index (κ3) is 2.50. The molecule has 4 nitrogen and oxygen atoms in total. The van der Waals surface area contributed by atoms with Crippen LogP contribution < -0.4 is 0 Å². The first kappa shape index (κ1) is 14.7. The molecule has 1 amide bonds. The standard InChI is InChI=1S/C17H16ClNO3/c1-10-7-8-12(21-10)9-19(3)17(20)15-11(2)13-5-4-6-14(18)16(13)22-15/h4-8H,9H2,1-3H3. The lowest BCUT2D eigenvalue weighted by Gasteiger charge is -2.14. The van der Waals surface area contributed by atoms with Crippen LogP contribution in [-0.4, -0.2) is 17.9 Å². The van der Waals surface area contributed by atoms with Crippen molar-refractivity contribution in [2.45, 2.75) is 20.4 Å². The number of carbonyl (C=O) groups excluding carboxylic acids is 1. The zero-order valence-electron chi connectivity index (χ0n) is 12.6. The van der Waals surface area contributed by atoms with E-state index in [1.165, 1.54) is 0 Å². The quantitative estimate of drug-likeness (QED) is 0.711. The van der Waals surface area contributed by atoms with Crippen LogP contribution in [0.15, 0.2) is 39.2 Å². The average Bonchev–Trinajstić information content (AvgIpc) is 3.04. The van der Waals surface area contributed by atoms with Gasteiger partial charge in [-0.2, -0.15) is 0 Å². The normalized spacial score (nSPS) is 11.1. The number of rotatable bonds is 3. The topological polar surface area (TPSA) is 46.6 Å². The number of para-hydroxylation sites is 1. The third-order valence-corrected chi connectivity index (χ3v) is 3.94. The number of carbonyl (C=O) groups is 1. The number of hydrogen-bond donors (Lipinski definition) is 0. The second kappa shape index (κ2) is 5.54. The van der Waals surface area contributed by atoms with Crippen LogP contribution in [0, 0.1) is 13.8 Å². The predicted octanol–water partition coefficient (Wildman–Crippen LogP) is 4.57. The number of hydrogen-bond acceptors (Lipinski definition) is 3. The van der Waals surface area contributed by atoms with E-state index in [1.807, 2.05) is 38.1 Å². The van der Waals surface area contributed by atoms with E-state index in [2.05, 4.69) is 0 Å². The molecule has 0 N–H and O–H groups in total. The fraction of sp³-hybridized carbons (Fsp3) is 0.235. The molecule has 0 aliphatic carbocycles. The van der Waals surface area contributed by atoms with E-state index >= 15 is 0 Å². The highest BCUT2D eigenvalue weighted by Gasteiger charge is 2.22. The van der Waals surface area contributed by atoms with E-state index in [1.54, 1.807) is 18.0 Å². The highest BCUT2D eigenvalue weighted by Crippen LogP contribution is 2.31. The van der Waals surface area contributed by atoms with Crippen molar-refractivity contribution < 1.29 is 13.6 Å². The van der Waals surface area contributed by atoms with Gasteiger partial charge in [-0.25, -0.2) is 0 Å². The minimum Gasteiger partial charge on any atom is -0.464 e. The monoisotopic (exact) mass is 317 g/mol. The van der Waals surface area contributed by atoms with E-state index in [0.717, 1.165) is 22.5 Å². The van der Waals surface area contributed by atoms with Gasteiger partial charge in [0.25, 0.3) is 5.91 Å². The van der Waals surface area contributed by atoms with Crippen LogP contribution in [0.3, 0.4) is 0 Å². The summed E-state index contributed by atoms with van der Waals surface area (Å²) in [6.07, 6.45) is 0. The first-order chi connectivity index (χ1) is 10.5. The van der Waals surface area contributed by atoms with Gasteiger partial charge in [-0.3, -0.25) is 4.79 Å². The highest BCUT2D eigenvalue weighted by atomic mass is 35.5. The first-order valence-electron chi connectivity index (χ1n) is 6.95. The molecule has 0 atom stereocenters. The summed E-state index contributed by atoms with van der Waals surface area (Å²) in [6, 6.07) is 9.22. The van der Waals surface area contributed by atoms with Gasteiger partial charge in [-0.1, -0.05) is 23.7 Å². The summed E-state index contributed by atoms with van der Waals surface area (Å²) >= 11 is 6.13. The van der Waals surface area contributed by atoms with E-state index in [-0.39, 0.29) is 5.91 Å². The van der Waals surface area contributed by atoms with Gasteiger partial charge in [0.15, 0.2) is 11.3 Å². The molecule has 114 valence electrons. The molecule has 0 aliphatic rings. The van der Waals surface area contributed by atoms with Crippen LogP contribution in [0.5, 0.6) is 0 Å². The van der Waals surface area contributed by atoms with Gasteiger partial charge < -0.3 is 13.7 Å². The summed E-state index contributed by atoms with van der Waals surface area (Å²) in [5.74, 6) is 1.68. The SMILES string of the molecule is Cc1ccc(CN(C)C(=O)c2oc3c(Cl)cccc3c2C)o1. The van der Waals surface area contributed by atoms with Crippen molar-refractivity contribution in [2.75, 3.05) is 7.05 Å². The molecular weight excluding hydrogens is 302 g/mol. The van der Waals surface area contributed by atoms with Crippen molar-refractivity contribution >= 4 is 28.5 Å². The summed E-state index contributed by atoms with van der Waals surface area (Å²) in [7, 11) is 1.72. The molecule has 2 aromatic heterocycles. The lowest BCUT2D eigenvalue weighted by Crippen LogP contribution is -2.26. The number of amides is 1. The van der Waals surface area contributed by atoms with Gasteiger partial charge in [-0.15, -0.1) is 0 Å². The number of halogens is 1. The Bertz CT molecular complexity index is 847. The largest absolute Gasteiger partial charge is 0.464 e. The highest BCUT2D eigenvalue weighted by molar-refractivity contribution is 6.35. The van der Waals surface area contributed by atoms with Crippen LogP contribution in [-0.2, 0) is 6.54 Å². The molecule has 3 aromatic rings. The minimum atomic E-state index is -0.196. The van der Waals surface area contributed by atoms with Crippen molar-refractivity contribution in [3.63, 3.8) is 0 Å². The molecular formula is C17H16ClNO3. The Morgan fingerprint density at radius 3 is 2.59 bits per heavy atom. The molecule has 1 aromatic carbocycles. The molecule has 0 unspecified atom stereocenters. The maximum Gasteiger partial charge on any atom is 0.290 e. The van der Waals surface area contributed by atoms with Gasteiger partial charge in [0.2, 0.25) is 0 Å². The van der Waals surface area contributed by atoms with Crippen molar-refractivity contribution in [3.8, 4) is 0 Å². The van der Waals surface area contributed by atoms with Gasteiger partial charge in [-0.05, 0) is 32.0 Å². The Kier molecular flexibility index (Phi) is 3.71. The maximum absolute atomic E-state index is 12.6. The molecule has 0 bridgehead atoms. The third-order valence-electron chi connectivity index (χ3n) is 3.65. The number of fused-ring (bicyclic) bond motifs is 1. The van der Waals surface area contributed by atoms with Crippen LogP contribution in [0.1, 0.15) is 27.6 Å². The van der Waals surface area contributed by atoms with E-state index in [4.69, 9.17) is 20.4 Å². The fourth-order valence-corrected chi connectivity index (χ4v) is 2.67. The average molecular weight is 318 g/mol. The van der Waals surface area contributed by atoms with E-state index < -0.39 is 0 Å². The molecule has 22 heavy (non-hydrogen) atoms. The van der Waals surface area contributed by atoms with Crippen LogP contribution in [0.2, 0.25) is 5.02 Å². The van der Waals surface area contributed by atoms with Crippen molar-refractivity contribution in [1.82, 2.24) is 4.90 Å². The zero-order valence-corrected chi connectivity index (χ0v) is 13.4. The Morgan fingerprint density at radius 2 is 1.95 bits per heavy atom. The number of benzene rings is 1. The molecule has 0 saturated carbocycles. The Balaban J connectivity index is 1.91. The lowest BCUT2D eigenvalue weighted by molar-refractivity contribution is 0.0744. The molecule has 0 fully saturated rings. The second-order valence-corrected chi connectivity index (χ2v) is 5.75. The zero-order chi connectivity index (χ0) is 15.9. The lowest BCUT2D eigenvalue weighted by atomic mass is 10.1. The van der Waals surface area contributed by atoms with Crippen LogP contribution in [0.25, 0.3) is 11.0 Å². The van der Waals surface area contributed by atoms with Crippen LogP contribution >= 0.6 is 11.6 Å².